The van der Waals surface area contributed by atoms with E-state index in [9.17, 15) is 27.5 Å². The summed E-state index contributed by atoms with van der Waals surface area (Å²) in [6.45, 7) is 4.16. The molecule has 23 heavy (non-hydrogen) atoms. The molecule has 128 valence electrons. The van der Waals surface area contributed by atoms with E-state index < -0.39 is 29.5 Å². The van der Waals surface area contributed by atoms with Crippen molar-refractivity contribution in [2.24, 2.45) is 5.92 Å². The molecule has 0 radical (unpaired) electrons. The van der Waals surface area contributed by atoms with Crippen LogP contribution in [0.2, 0.25) is 0 Å². The first-order valence-electron chi connectivity index (χ1n) is 6.95. The number of hydrogen-bond donors (Lipinski definition) is 2. The number of benzene rings is 1. The summed E-state index contributed by atoms with van der Waals surface area (Å²) >= 11 is 0. The number of halogens is 4. The molecular formula is C16H18F4O3. The van der Waals surface area contributed by atoms with E-state index in [1.54, 1.807) is 6.92 Å². The first-order chi connectivity index (χ1) is 10.5. The third-order valence-electron chi connectivity index (χ3n) is 3.77. The molecule has 7 heteroatoms. The summed E-state index contributed by atoms with van der Waals surface area (Å²) in [7, 11) is 0. The Bertz CT molecular complexity index is 622. The van der Waals surface area contributed by atoms with Crippen LogP contribution in [0.5, 0.6) is 0 Å². The number of allylic oxidation sites excluding steroid dienone is 1. The SMILES string of the molecule is CCC=C(c1ccc(F)cc1C)C(C)C(O)(C(=O)O)C(F)(F)F. The van der Waals surface area contributed by atoms with Crippen LogP contribution in [-0.2, 0) is 4.79 Å². The number of aryl methyl sites for hydroxylation is 1. The second kappa shape index (κ2) is 6.70. The molecule has 1 rings (SSSR count). The Hall–Kier alpha value is -1.89. The number of carbonyl (C=O) groups is 1. The molecule has 3 nitrogen and oxygen atoms in total. The van der Waals surface area contributed by atoms with Crippen molar-refractivity contribution in [1.82, 2.24) is 0 Å². The van der Waals surface area contributed by atoms with Crippen LogP contribution in [0.4, 0.5) is 17.6 Å². The molecule has 2 unspecified atom stereocenters. The highest BCUT2D eigenvalue weighted by Crippen LogP contribution is 2.43. The summed E-state index contributed by atoms with van der Waals surface area (Å²) in [6.07, 6.45) is -3.63. The predicted molar refractivity (Wildman–Crippen MR) is 77.2 cm³/mol. The number of carboxylic acids is 1. The Balaban J connectivity index is 3.51. The van der Waals surface area contributed by atoms with Gasteiger partial charge in [0.15, 0.2) is 0 Å². The molecule has 0 aliphatic heterocycles. The van der Waals surface area contributed by atoms with Crippen LogP contribution in [0.1, 0.15) is 31.4 Å². The average molecular weight is 334 g/mol. The molecule has 0 fully saturated rings. The molecule has 2 atom stereocenters. The van der Waals surface area contributed by atoms with E-state index in [0.29, 0.717) is 12.0 Å². The normalized spacial score (nSPS) is 16.8. The van der Waals surface area contributed by atoms with Crippen LogP contribution in [0.25, 0.3) is 5.57 Å². The number of aliphatic carboxylic acids is 1. The summed E-state index contributed by atoms with van der Waals surface area (Å²) in [4.78, 5) is 11.1. The molecule has 0 saturated heterocycles. The van der Waals surface area contributed by atoms with Crippen LogP contribution in [0.3, 0.4) is 0 Å². The van der Waals surface area contributed by atoms with Crippen molar-refractivity contribution in [3.05, 3.63) is 41.2 Å². The van der Waals surface area contributed by atoms with Crippen LogP contribution in [0.15, 0.2) is 24.3 Å². The van der Waals surface area contributed by atoms with Gasteiger partial charge in [0.1, 0.15) is 5.82 Å². The number of aliphatic hydroxyl groups is 1. The van der Waals surface area contributed by atoms with Crippen molar-refractivity contribution in [2.75, 3.05) is 0 Å². The highest BCUT2D eigenvalue weighted by molar-refractivity contribution is 5.84. The van der Waals surface area contributed by atoms with E-state index in [1.807, 2.05) is 0 Å². The van der Waals surface area contributed by atoms with Crippen molar-refractivity contribution < 1.29 is 32.6 Å². The average Bonchev–Trinajstić information content (AvgIpc) is 2.42. The lowest BCUT2D eigenvalue weighted by Crippen LogP contribution is -2.57. The minimum absolute atomic E-state index is 0.00669. The maximum Gasteiger partial charge on any atom is 0.428 e. The summed E-state index contributed by atoms with van der Waals surface area (Å²) < 4.78 is 52.7. The summed E-state index contributed by atoms with van der Waals surface area (Å²) in [6, 6.07) is 3.49. The zero-order valence-electron chi connectivity index (χ0n) is 12.9. The Morgan fingerprint density at radius 3 is 2.30 bits per heavy atom. The highest BCUT2D eigenvalue weighted by atomic mass is 19.4. The number of carboxylic acid groups (broad SMARTS) is 1. The van der Waals surface area contributed by atoms with E-state index in [2.05, 4.69) is 0 Å². The fourth-order valence-corrected chi connectivity index (χ4v) is 2.47. The lowest BCUT2D eigenvalue weighted by atomic mass is 9.78. The molecule has 0 aliphatic carbocycles. The molecule has 0 bridgehead atoms. The minimum Gasteiger partial charge on any atom is -0.479 e. The molecule has 0 spiro atoms. The number of rotatable bonds is 5. The highest BCUT2D eigenvalue weighted by Gasteiger charge is 2.64. The van der Waals surface area contributed by atoms with Gasteiger partial charge in [0, 0.05) is 5.92 Å². The van der Waals surface area contributed by atoms with E-state index in [-0.39, 0.29) is 11.1 Å². The quantitative estimate of drug-likeness (QED) is 0.802. The van der Waals surface area contributed by atoms with Gasteiger partial charge in [-0.2, -0.15) is 13.2 Å². The standard InChI is InChI=1S/C16H18F4O3/c1-4-5-13(12-7-6-11(17)8-9(12)2)10(3)15(23,14(21)22)16(18,19)20/h5-8,10,23H,4H2,1-3H3,(H,21,22). The second-order valence-electron chi connectivity index (χ2n) is 5.32. The predicted octanol–water partition coefficient (Wildman–Crippen LogP) is 3.94. The monoisotopic (exact) mass is 334 g/mol. The van der Waals surface area contributed by atoms with Gasteiger partial charge >= 0.3 is 12.1 Å². The molecule has 1 aromatic rings. The zero-order valence-corrected chi connectivity index (χ0v) is 12.9. The molecule has 0 aliphatic rings. The lowest BCUT2D eigenvalue weighted by molar-refractivity contribution is -0.269. The lowest BCUT2D eigenvalue weighted by Gasteiger charge is -2.34. The number of alkyl halides is 3. The van der Waals surface area contributed by atoms with Gasteiger partial charge in [-0.05, 0) is 42.2 Å². The van der Waals surface area contributed by atoms with Crippen molar-refractivity contribution >= 4 is 11.5 Å². The molecule has 0 heterocycles. The summed E-state index contributed by atoms with van der Waals surface area (Å²) in [5.41, 5.74) is -3.31. The van der Waals surface area contributed by atoms with Gasteiger partial charge in [0.2, 0.25) is 0 Å². The van der Waals surface area contributed by atoms with Crippen LogP contribution >= 0.6 is 0 Å². The van der Waals surface area contributed by atoms with Crippen LogP contribution in [0, 0.1) is 18.7 Å². The molecule has 2 N–H and O–H groups in total. The minimum atomic E-state index is -5.36. The number of hydrogen-bond acceptors (Lipinski definition) is 2. The third kappa shape index (κ3) is 3.55. The summed E-state index contributed by atoms with van der Waals surface area (Å²) in [5, 5.41) is 18.8. The fraction of sp³-hybridized carbons (Fsp3) is 0.438. The first-order valence-corrected chi connectivity index (χ1v) is 6.95. The van der Waals surface area contributed by atoms with Crippen molar-refractivity contribution in [2.45, 2.75) is 39.0 Å². The molecule has 0 aromatic heterocycles. The fourth-order valence-electron chi connectivity index (χ4n) is 2.47. The van der Waals surface area contributed by atoms with Gasteiger partial charge in [0.05, 0.1) is 0 Å². The first kappa shape index (κ1) is 19.2. The second-order valence-corrected chi connectivity index (χ2v) is 5.32. The molecule has 1 aromatic carbocycles. The molecule has 0 saturated carbocycles. The van der Waals surface area contributed by atoms with Gasteiger partial charge < -0.3 is 10.2 Å². The van der Waals surface area contributed by atoms with E-state index >= 15 is 0 Å². The van der Waals surface area contributed by atoms with Crippen LogP contribution in [-0.4, -0.2) is 28.0 Å². The molecular weight excluding hydrogens is 316 g/mol. The van der Waals surface area contributed by atoms with Crippen molar-refractivity contribution in [1.29, 1.82) is 0 Å². The van der Waals surface area contributed by atoms with E-state index in [1.165, 1.54) is 19.1 Å². The van der Waals surface area contributed by atoms with Gasteiger partial charge in [-0.1, -0.05) is 26.0 Å². The van der Waals surface area contributed by atoms with Crippen molar-refractivity contribution in [3.8, 4) is 0 Å². The van der Waals surface area contributed by atoms with E-state index in [4.69, 9.17) is 5.11 Å². The third-order valence-corrected chi connectivity index (χ3v) is 3.77. The molecule has 0 amide bonds. The van der Waals surface area contributed by atoms with Crippen LogP contribution < -0.4 is 0 Å². The Morgan fingerprint density at radius 1 is 1.35 bits per heavy atom. The maximum absolute atomic E-state index is 13.2. The van der Waals surface area contributed by atoms with Crippen molar-refractivity contribution in [3.63, 3.8) is 0 Å². The maximum atomic E-state index is 13.2. The topological polar surface area (TPSA) is 57.5 Å². The van der Waals surface area contributed by atoms with Gasteiger partial charge in [0.25, 0.3) is 5.60 Å². The zero-order chi connectivity index (χ0) is 18.0. The van der Waals surface area contributed by atoms with Gasteiger partial charge in [-0.25, -0.2) is 9.18 Å². The van der Waals surface area contributed by atoms with E-state index in [0.717, 1.165) is 19.1 Å². The summed E-state index contributed by atoms with van der Waals surface area (Å²) in [5.74, 6) is -4.71. The van der Waals surface area contributed by atoms with Gasteiger partial charge in [-0.3, -0.25) is 0 Å². The smallest absolute Gasteiger partial charge is 0.428 e. The Labute approximate surface area is 131 Å². The van der Waals surface area contributed by atoms with Gasteiger partial charge in [-0.15, -0.1) is 0 Å². The Kier molecular flexibility index (Phi) is 5.58. The largest absolute Gasteiger partial charge is 0.479 e. The Morgan fingerprint density at radius 2 is 1.91 bits per heavy atom.